The van der Waals surface area contributed by atoms with E-state index >= 15 is 0 Å². The van der Waals surface area contributed by atoms with Gasteiger partial charge in [-0.15, -0.1) is 0 Å². The van der Waals surface area contributed by atoms with Gasteiger partial charge in [0.2, 0.25) is 5.91 Å². The minimum Gasteiger partial charge on any atom is -0.341 e. The molecule has 1 amide bonds. The van der Waals surface area contributed by atoms with Gasteiger partial charge in [-0.3, -0.25) is 14.5 Å². The smallest absolute Gasteiger partial charge is 0.236 e. The van der Waals surface area contributed by atoms with Crippen molar-refractivity contribution in [1.29, 1.82) is 0 Å². The molecule has 1 heterocycles. The first-order valence-electron chi connectivity index (χ1n) is 6.66. The summed E-state index contributed by atoms with van der Waals surface area (Å²) >= 11 is 0. The molecule has 1 aliphatic carbocycles. The highest BCUT2D eigenvalue weighted by Crippen LogP contribution is 2.22. The van der Waals surface area contributed by atoms with Crippen molar-refractivity contribution in [2.45, 2.75) is 44.6 Å². The van der Waals surface area contributed by atoms with Crippen molar-refractivity contribution in [2.75, 3.05) is 26.7 Å². The summed E-state index contributed by atoms with van der Waals surface area (Å²) in [5.74, 6) is 0.477. The van der Waals surface area contributed by atoms with Crippen LogP contribution >= 0.6 is 0 Å². The Morgan fingerprint density at radius 3 is 2.47 bits per heavy atom. The van der Waals surface area contributed by atoms with E-state index < -0.39 is 0 Å². The lowest BCUT2D eigenvalue weighted by atomic mass is 10.1. The van der Waals surface area contributed by atoms with E-state index in [1.165, 1.54) is 25.7 Å². The highest BCUT2D eigenvalue weighted by atomic mass is 16.2. The van der Waals surface area contributed by atoms with Crippen molar-refractivity contribution < 1.29 is 9.59 Å². The molecule has 2 aliphatic rings. The van der Waals surface area contributed by atoms with E-state index in [9.17, 15) is 9.59 Å². The van der Waals surface area contributed by atoms with Gasteiger partial charge >= 0.3 is 0 Å². The van der Waals surface area contributed by atoms with Crippen molar-refractivity contribution in [3.05, 3.63) is 0 Å². The van der Waals surface area contributed by atoms with E-state index in [0.717, 1.165) is 0 Å². The Bertz CT molecular complexity index is 288. The van der Waals surface area contributed by atoms with Gasteiger partial charge in [-0.1, -0.05) is 12.8 Å². The number of hydrogen-bond acceptors (Lipinski definition) is 3. The third-order valence-corrected chi connectivity index (χ3v) is 4.01. The summed E-state index contributed by atoms with van der Waals surface area (Å²) < 4.78 is 0. The number of likely N-dealkylation sites (tertiary alicyclic amines) is 1. The molecule has 0 unspecified atom stereocenters. The molecule has 1 saturated heterocycles. The van der Waals surface area contributed by atoms with Gasteiger partial charge < -0.3 is 4.90 Å². The quantitative estimate of drug-likeness (QED) is 0.738. The molecule has 4 heteroatoms. The van der Waals surface area contributed by atoms with Gasteiger partial charge in [-0.25, -0.2) is 0 Å². The van der Waals surface area contributed by atoms with Crippen molar-refractivity contribution >= 4 is 11.7 Å². The second-order valence-corrected chi connectivity index (χ2v) is 5.27. The molecule has 2 fully saturated rings. The number of hydrogen-bond donors (Lipinski definition) is 0. The van der Waals surface area contributed by atoms with Crippen LogP contribution in [0.25, 0.3) is 0 Å². The first-order chi connectivity index (χ1) is 8.16. The molecule has 96 valence electrons. The van der Waals surface area contributed by atoms with Crippen LogP contribution in [0.5, 0.6) is 0 Å². The Hall–Kier alpha value is -0.900. The normalized spacial score (nSPS) is 22.5. The zero-order chi connectivity index (χ0) is 12.3. The van der Waals surface area contributed by atoms with E-state index in [1.807, 2.05) is 11.9 Å². The third-order valence-electron chi connectivity index (χ3n) is 4.01. The van der Waals surface area contributed by atoms with Crippen LogP contribution in [0.2, 0.25) is 0 Å². The fraction of sp³-hybridized carbons (Fsp3) is 0.846. The molecule has 0 spiro atoms. The molecule has 1 saturated carbocycles. The molecule has 0 aromatic heterocycles. The Labute approximate surface area is 103 Å². The molecular weight excluding hydrogens is 216 g/mol. The first kappa shape index (κ1) is 12.6. The van der Waals surface area contributed by atoms with Crippen LogP contribution in [0.15, 0.2) is 0 Å². The summed E-state index contributed by atoms with van der Waals surface area (Å²) in [6.07, 6.45) is 6.12. The highest BCUT2D eigenvalue weighted by molar-refractivity contribution is 5.84. The molecule has 0 bridgehead atoms. The number of rotatable bonds is 3. The minimum absolute atomic E-state index is 0.187. The summed E-state index contributed by atoms with van der Waals surface area (Å²) in [4.78, 5) is 27.2. The van der Waals surface area contributed by atoms with Gasteiger partial charge in [-0.2, -0.15) is 0 Å². The fourth-order valence-electron chi connectivity index (χ4n) is 2.79. The highest BCUT2D eigenvalue weighted by Gasteiger charge is 2.25. The second kappa shape index (κ2) is 5.63. The van der Waals surface area contributed by atoms with Crippen LogP contribution in [-0.4, -0.2) is 54.2 Å². The van der Waals surface area contributed by atoms with Crippen molar-refractivity contribution in [3.63, 3.8) is 0 Å². The van der Waals surface area contributed by atoms with Crippen LogP contribution in [0, 0.1) is 0 Å². The van der Waals surface area contributed by atoms with E-state index in [4.69, 9.17) is 0 Å². The van der Waals surface area contributed by atoms with E-state index in [2.05, 4.69) is 4.90 Å². The first-order valence-corrected chi connectivity index (χ1v) is 6.66. The maximum atomic E-state index is 12.0. The Kier molecular flexibility index (Phi) is 4.15. The van der Waals surface area contributed by atoms with Gasteiger partial charge in [0.25, 0.3) is 0 Å². The maximum absolute atomic E-state index is 12.0. The number of ketones is 1. The predicted molar refractivity (Wildman–Crippen MR) is 65.7 cm³/mol. The Morgan fingerprint density at radius 2 is 1.88 bits per heavy atom. The van der Waals surface area contributed by atoms with Gasteiger partial charge in [-0.05, 0) is 19.9 Å². The zero-order valence-electron chi connectivity index (χ0n) is 10.7. The van der Waals surface area contributed by atoms with Gasteiger partial charge in [0, 0.05) is 32.0 Å². The molecular formula is C13H22N2O2. The van der Waals surface area contributed by atoms with Crippen molar-refractivity contribution in [2.24, 2.45) is 0 Å². The van der Waals surface area contributed by atoms with Crippen molar-refractivity contribution in [3.8, 4) is 0 Å². The summed E-state index contributed by atoms with van der Waals surface area (Å²) in [6, 6.07) is 0.588. The number of piperidine rings is 1. The summed E-state index contributed by atoms with van der Waals surface area (Å²) in [7, 11) is 2.04. The largest absolute Gasteiger partial charge is 0.341 e. The number of amides is 1. The summed E-state index contributed by atoms with van der Waals surface area (Å²) in [5.41, 5.74) is 0. The van der Waals surface area contributed by atoms with Crippen LogP contribution in [0.3, 0.4) is 0 Å². The van der Waals surface area contributed by atoms with Crippen molar-refractivity contribution in [1.82, 2.24) is 9.80 Å². The van der Waals surface area contributed by atoms with E-state index in [1.54, 1.807) is 0 Å². The second-order valence-electron chi connectivity index (χ2n) is 5.27. The number of carbonyl (C=O) groups is 2. The molecule has 4 nitrogen and oxygen atoms in total. The molecule has 17 heavy (non-hydrogen) atoms. The molecule has 0 aromatic rings. The SMILES string of the molecule is CN(CC(=O)N1CCC(=O)CC1)C1CCCC1. The lowest BCUT2D eigenvalue weighted by Crippen LogP contribution is -2.45. The average Bonchev–Trinajstić information content (AvgIpc) is 2.83. The number of nitrogens with zero attached hydrogens (tertiary/aromatic N) is 2. The van der Waals surface area contributed by atoms with Gasteiger partial charge in [0.05, 0.1) is 6.54 Å². The summed E-state index contributed by atoms with van der Waals surface area (Å²) in [6.45, 7) is 1.76. The zero-order valence-corrected chi connectivity index (χ0v) is 10.7. The van der Waals surface area contributed by atoms with Gasteiger partial charge in [0.15, 0.2) is 0 Å². The third kappa shape index (κ3) is 3.28. The number of carbonyl (C=O) groups excluding carboxylic acids is 2. The van der Waals surface area contributed by atoms with Crippen LogP contribution in [0.1, 0.15) is 38.5 Å². The predicted octanol–water partition coefficient (Wildman–Crippen LogP) is 1.05. The standard InChI is InChI=1S/C13H22N2O2/c1-14(11-4-2-3-5-11)10-13(17)15-8-6-12(16)7-9-15/h11H,2-10H2,1H3. The Balaban J connectivity index is 1.77. The number of likely N-dealkylation sites (N-methyl/N-ethyl adjacent to an activating group) is 1. The van der Waals surface area contributed by atoms with E-state index in [-0.39, 0.29) is 11.7 Å². The lowest BCUT2D eigenvalue weighted by molar-refractivity contribution is -0.135. The van der Waals surface area contributed by atoms with Crippen LogP contribution in [-0.2, 0) is 9.59 Å². The van der Waals surface area contributed by atoms with E-state index in [0.29, 0.717) is 38.5 Å². The fourth-order valence-corrected chi connectivity index (χ4v) is 2.79. The molecule has 2 rings (SSSR count). The average molecular weight is 238 g/mol. The molecule has 0 atom stereocenters. The molecule has 0 aromatic carbocycles. The lowest BCUT2D eigenvalue weighted by Gasteiger charge is -2.30. The minimum atomic E-state index is 0.187. The molecule has 1 aliphatic heterocycles. The molecule has 0 N–H and O–H groups in total. The Morgan fingerprint density at radius 1 is 1.29 bits per heavy atom. The maximum Gasteiger partial charge on any atom is 0.236 e. The van der Waals surface area contributed by atoms with Crippen LogP contribution in [0.4, 0.5) is 0 Å². The monoisotopic (exact) mass is 238 g/mol. The van der Waals surface area contributed by atoms with Crippen LogP contribution < -0.4 is 0 Å². The topological polar surface area (TPSA) is 40.6 Å². The van der Waals surface area contributed by atoms with Gasteiger partial charge in [0.1, 0.15) is 5.78 Å². The molecule has 0 radical (unpaired) electrons. The number of Topliss-reactive ketones (excluding diaryl/α,β-unsaturated/α-hetero) is 1. The summed E-state index contributed by atoms with van der Waals surface area (Å²) in [5, 5.41) is 0.